The van der Waals surface area contributed by atoms with Crippen molar-refractivity contribution in [2.75, 3.05) is 19.8 Å². The van der Waals surface area contributed by atoms with Gasteiger partial charge in [0.25, 0.3) is 0 Å². The van der Waals surface area contributed by atoms with Crippen LogP contribution in [0.4, 0.5) is 13.2 Å². The van der Waals surface area contributed by atoms with Gasteiger partial charge in [0.2, 0.25) is 0 Å². The third-order valence-corrected chi connectivity index (χ3v) is 2.35. The molecule has 1 aliphatic heterocycles. The Balaban J connectivity index is 0.00000128. The Morgan fingerprint density at radius 3 is 2.50 bits per heavy atom. The monoisotopic (exact) mass is 253 g/mol. The standard InChI is InChI=1S/C10H10F3NO.ClH/c11-6-1-2-7(12)10(13)9(6)8-5-15-4-3-14-8;/h1-2,8,14H,3-5H2;1H/t8-;/m1./s1. The topological polar surface area (TPSA) is 21.3 Å². The summed E-state index contributed by atoms with van der Waals surface area (Å²) in [5.74, 6) is -2.94. The molecule has 16 heavy (non-hydrogen) atoms. The van der Waals surface area contributed by atoms with E-state index in [2.05, 4.69) is 5.32 Å². The molecule has 0 unspecified atom stereocenters. The summed E-state index contributed by atoms with van der Waals surface area (Å²) >= 11 is 0. The van der Waals surface area contributed by atoms with E-state index in [0.717, 1.165) is 12.1 Å². The summed E-state index contributed by atoms with van der Waals surface area (Å²) in [6, 6.07) is 1.08. The molecule has 90 valence electrons. The van der Waals surface area contributed by atoms with E-state index < -0.39 is 23.5 Å². The van der Waals surface area contributed by atoms with Crippen LogP contribution in [0.3, 0.4) is 0 Å². The van der Waals surface area contributed by atoms with Gasteiger partial charge in [0.1, 0.15) is 5.82 Å². The molecule has 0 spiro atoms. The molecule has 1 saturated heterocycles. The third-order valence-electron chi connectivity index (χ3n) is 2.35. The summed E-state index contributed by atoms with van der Waals surface area (Å²) < 4.78 is 44.6. The van der Waals surface area contributed by atoms with E-state index in [9.17, 15) is 13.2 Å². The molecular formula is C10H11ClF3NO. The SMILES string of the molecule is Cl.Fc1ccc(F)c([C@H]2COCCN2)c1F. The first-order valence-electron chi connectivity index (χ1n) is 4.64. The highest BCUT2D eigenvalue weighted by Gasteiger charge is 2.24. The summed E-state index contributed by atoms with van der Waals surface area (Å²) in [5.41, 5.74) is -0.283. The van der Waals surface area contributed by atoms with Gasteiger partial charge in [0, 0.05) is 12.1 Å². The van der Waals surface area contributed by atoms with Crippen LogP contribution < -0.4 is 5.32 Å². The Hall–Kier alpha value is -0.780. The lowest BCUT2D eigenvalue weighted by Gasteiger charge is -2.24. The predicted molar refractivity (Wildman–Crippen MR) is 55.1 cm³/mol. The molecule has 2 nitrogen and oxygen atoms in total. The van der Waals surface area contributed by atoms with E-state index >= 15 is 0 Å². The van der Waals surface area contributed by atoms with Gasteiger partial charge in [-0.1, -0.05) is 0 Å². The first-order valence-corrected chi connectivity index (χ1v) is 4.64. The highest BCUT2D eigenvalue weighted by molar-refractivity contribution is 5.85. The first kappa shape index (κ1) is 13.3. The highest BCUT2D eigenvalue weighted by Crippen LogP contribution is 2.24. The maximum absolute atomic E-state index is 13.3. The van der Waals surface area contributed by atoms with Gasteiger partial charge in [-0.3, -0.25) is 0 Å². The Morgan fingerprint density at radius 1 is 1.19 bits per heavy atom. The van der Waals surface area contributed by atoms with Gasteiger partial charge >= 0.3 is 0 Å². The summed E-state index contributed by atoms with van der Waals surface area (Å²) in [5, 5.41) is 2.87. The predicted octanol–water partition coefficient (Wildman–Crippen LogP) is 2.19. The molecule has 1 aromatic carbocycles. The second kappa shape index (κ2) is 5.52. The zero-order valence-corrected chi connectivity index (χ0v) is 9.12. The quantitative estimate of drug-likeness (QED) is 0.775. The van der Waals surface area contributed by atoms with Gasteiger partial charge in [0.05, 0.1) is 19.3 Å². The van der Waals surface area contributed by atoms with Crippen LogP contribution in [0.15, 0.2) is 12.1 Å². The third kappa shape index (κ3) is 2.48. The molecule has 0 bridgehead atoms. The Morgan fingerprint density at radius 2 is 1.88 bits per heavy atom. The van der Waals surface area contributed by atoms with Crippen LogP contribution in [0, 0.1) is 17.5 Å². The molecule has 0 aromatic heterocycles. The fourth-order valence-electron chi connectivity index (χ4n) is 1.61. The number of benzene rings is 1. The molecule has 2 rings (SSSR count). The maximum atomic E-state index is 13.3. The molecule has 1 atom stereocenters. The Bertz CT molecular complexity index is 369. The van der Waals surface area contributed by atoms with E-state index in [1.165, 1.54) is 0 Å². The molecule has 1 heterocycles. The van der Waals surface area contributed by atoms with Gasteiger partial charge < -0.3 is 10.1 Å². The largest absolute Gasteiger partial charge is 0.378 e. The smallest absolute Gasteiger partial charge is 0.166 e. The fourth-order valence-corrected chi connectivity index (χ4v) is 1.61. The number of halogens is 4. The Kier molecular flexibility index (Phi) is 4.58. The van der Waals surface area contributed by atoms with Gasteiger partial charge in [-0.05, 0) is 12.1 Å². The summed E-state index contributed by atoms with van der Waals surface area (Å²) in [6.45, 7) is 1.15. The Labute approximate surface area is 97.2 Å². The summed E-state index contributed by atoms with van der Waals surface area (Å²) in [7, 11) is 0. The molecule has 1 N–H and O–H groups in total. The van der Waals surface area contributed by atoms with Crippen molar-refractivity contribution in [3.05, 3.63) is 35.1 Å². The number of hydrogen-bond acceptors (Lipinski definition) is 2. The lowest BCUT2D eigenvalue weighted by Crippen LogP contribution is -2.35. The number of rotatable bonds is 1. The van der Waals surface area contributed by atoms with E-state index in [0.29, 0.717) is 13.2 Å². The van der Waals surface area contributed by atoms with Crippen molar-refractivity contribution in [3.63, 3.8) is 0 Å². The summed E-state index contributed by atoms with van der Waals surface area (Å²) in [4.78, 5) is 0. The highest BCUT2D eigenvalue weighted by atomic mass is 35.5. The average Bonchev–Trinajstić information content (AvgIpc) is 2.26. The molecule has 0 aliphatic carbocycles. The zero-order valence-electron chi connectivity index (χ0n) is 8.30. The van der Waals surface area contributed by atoms with Crippen molar-refractivity contribution < 1.29 is 17.9 Å². The zero-order chi connectivity index (χ0) is 10.8. The lowest BCUT2D eigenvalue weighted by molar-refractivity contribution is 0.0742. The maximum Gasteiger partial charge on any atom is 0.166 e. The van der Waals surface area contributed by atoms with Crippen molar-refractivity contribution in [1.82, 2.24) is 5.32 Å². The lowest BCUT2D eigenvalue weighted by atomic mass is 10.1. The van der Waals surface area contributed by atoms with Gasteiger partial charge in [-0.25, -0.2) is 13.2 Å². The molecule has 0 radical (unpaired) electrons. The van der Waals surface area contributed by atoms with Crippen LogP contribution in [0.2, 0.25) is 0 Å². The molecule has 0 saturated carbocycles. The van der Waals surface area contributed by atoms with E-state index in [4.69, 9.17) is 4.74 Å². The molecule has 1 fully saturated rings. The van der Waals surface area contributed by atoms with E-state index in [1.54, 1.807) is 0 Å². The number of hydrogen-bond donors (Lipinski definition) is 1. The van der Waals surface area contributed by atoms with Crippen LogP contribution >= 0.6 is 12.4 Å². The van der Waals surface area contributed by atoms with Crippen LogP contribution in [-0.2, 0) is 4.74 Å². The van der Waals surface area contributed by atoms with Crippen LogP contribution in [0.5, 0.6) is 0 Å². The first-order chi connectivity index (χ1) is 7.20. The molecular weight excluding hydrogens is 243 g/mol. The average molecular weight is 254 g/mol. The van der Waals surface area contributed by atoms with Crippen molar-refractivity contribution in [3.8, 4) is 0 Å². The molecule has 6 heteroatoms. The number of ether oxygens (including phenoxy) is 1. The van der Waals surface area contributed by atoms with Crippen LogP contribution in [0.25, 0.3) is 0 Å². The van der Waals surface area contributed by atoms with Gasteiger partial charge in [-0.15, -0.1) is 12.4 Å². The minimum Gasteiger partial charge on any atom is -0.378 e. The molecule has 0 amide bonds. The number of nitrogens with one attached hydrogen (secondary N) is 1. The number of morpholine rings is 1. The minimum absolute atomic E-state index is 0. The van der Waals surface area contributed by atoms with Crippen molar-refractivity contribution in [1.29, 1.82) is 0 Å². The van der Waals surface area contributed by atoms with Crippen molar-refractivity contribution in [2.24, 2.45) is 0 Å². The second-order valence-corrected chi connectivity index (χ2v) is 3.34. The normalized spacial score (nSPS) is 20.3. The minimum atomic E-state index is -1.14. The van der Waals surface area contributed by atoms with Crippen LogP contribution in [-0.4, -0.2) is 19.8 Å². The van der Waals surface area contributed by atoms with Crippen molar-refractivity contribution >= 4 is 12.4 Å². The summed E-state index contributed by atoms with van der Waals surface area (Å²) in [6.07, 6.45) is 0. The second-order valence-electron chi connectivity index (χ2n) is 3.34. The van der Waals surface area contributed by atoms with Gasteiger partial charge in [0.15, 0.2) is 11.6 Å². The van der Waals surface area contributed by atoms with Crippen LogP contribution in [0.1, 0.15) is 11.6 Å². The molecule has 1 aromatic rings. The van der Waals surface area contributed by atoms with E-state index in [1.807, 2.05) is 0 Å². The fraction of sp³-hybridized carbons (Fsp3) is 0.400. The van der Waals surface area contributed by atoms with Crippen molar-refractivity contribution in [2.45, 2.75) is 6.04 Å². The molecule has 1 aliphatic rings. The van der Waals surface area contributed by atoms with E-state index in [-0.39, 0.29) is 24.6 Å². The van der Waals surface area contributed by atoms with Gasteiger partial charge in [-0.2, -0.15) is 0 Å².